The molecule has 1 atom stereocenters. The monoisotopic (exact) mass is 214 g/mol. The summed E-state index contributed by atoms with van der Waals surface area (Å²) >= 11 is 0. The maximum Gasteiger partial charge on any atom is 0.0622 e. The Bertz CT molecular complexity index is 171. The first-order valence-corrected chi connectivity index (χ1v) is 6.25. The molecule has 1 aliphatic carbocycles. The first-order valence-electron chi connectivity index (χ1n) is 6.25. The highest BCUT2D eigenvalue weighted by Gasteiger charge is 2.26. The second kappa shape index (κ2) is 5.86. The van der Waals surface area contributed by atoms with Gasteiger partial charge in [-0.25, -0.2) is 0 Å². The molecule has 0 bridgehead atoms. The zero-order chi connectivity index (χ0) is 11.3. The fraction of sp³-hybridized carbons (Fsp3) is 1.00. The van der Waals surface area contributed by atoms with E-state index >= 15 is 0 Å². The van der Waals surface area contributed by atoms with E-state index in [2.05, 4.69) is 13.8 Å². The number of ether oxygens (including phenoxy) is 1. The molecule has 0 aromatic carbocycles. The summed E-state index contributed by atoms with van der Waals surface area (Å²) < 4.78 is 5.41. The van der Waals surface area contributed by atoms with Gasteiger partial charge in [0.2, 0.25) is 0 Å². The van der Waals surface area contributed by atoms with Gasteiger partial charge in [-0.3, -0.25) is 0 Å². The van der Waals surface area contributed by atoms with Crippen molar-refractivity contribution in [3.8, 4) is 0 Å². The van der Waals surface area contributed by atoms with Crippen LogP contribution in [0.4, 0.5) is 0 Å². The van der Waals surface area contributed by atoms with Gasteiger partial charge in [0.25, 0.3) is 0 Å². The summed E-state index contributed by atoms with van der Waals surface area (Å²) in [6.07, 6.45) is 7.49. The minimum atomic E-state index is -0.0357. The van der Waals surface area contributed by atoms with Crippen LogP contribution in [-0.2, 0) is 4.74 Å². The molecule has 2 heteroatoms. The molecule has 90 valence electrons. The topological polar surface area (TPSA) is 29.5 Å². The van der Waals surface area contributed by atoms with Crippen LogP contribution in [-0.4, -0.2) is 24.4 Å². The quantitative estimate of drug-likeness (QED) is 0.736. The molecule has 0 aromatic rings. The van der Waals surface area contributed by atoms with Crippen LogP contribution in [0.1, 0.15) is 52.4 Å². The van der Waals surface area contributed by atoms with Crippen LogP contribution in [0.3, 0.4) is 0 Å². The van der Waals surface area contributed by atoms with Gasteiger partial charge in [0.1, 0.15) is 0 Å². The number of hydrogen-bond donors (Lipinski definition) is 1. The molecule has 0 aromatic heterocycles. The van der Waals surface area contributed by atoms with Gasteiger partial charge in [-0.1, -0.05) is 25.7 Å². The summed E-state index contributed by atoms with van der Waals surface area (Å²) in [6.45, 7) is 4.59. The third-order valence-electron chi connectivity index (χ3n) is 3.97. The molecule has 2 nitrogen and oxygen atoms in total. The average molecular weight is 214 g/mol. The lowest BCUT2D eigenvalue weighted by molar-refractivity contribution is 0.00507. The van der Waals surface area contributed by atoms with Crippen molar-refractivity contribution in [3.63, 3.8) is 0 Å². The summed E-state index contributed by atoms with van der Waals surface area (Å²) in [5.41, 5.74) is -0.0357. The second-order valence-corrected chi connectivity index (χ2v) is 5.49. The largest absolute Gasteiger partial charge is 0.396 e. The van der Waals surface area contributed by atoms with E-state index in [-0.39, 0.29) is 5.60 Å². The number of aliphatic hydroxyl groups excluding tert-OH is 1. The molecule has 0 heterocycles. The molecule has 0 saturated heterocycles. The average Bonchev–Trinajstić information content (AvgIpc) is 2.72. The summed E-state index contributed by atoms with van der Waals surface area (Å²) in [5.74, 6) is 1.27. The molecule has 0 radical (unpaired) electrons. The Kier molecular flexibility index (Phi) is 5.07. The summed E-state index contributed by atoms with van der Waals surface area (Å²) in [5, 5.41) is 9.42. The summed E-state index contributed by atoms with van der Waals surface area (Å²) in [4.78, 5) is 0. The third-order valence-corrected chi connectivity index (χ3v) is 3.97. The molecule has 0 aliphatic heterocycles. The van der Waals surface area contributed by atoms with E-state index in [1.165, 1.54) is 25.7 Å². The van der Waals surface area contributed by atoms with Crippen molar-refractivity contribution in [2.24, 2.45) is 11.8 Å². The highest BCUT2D eigenvalue weighted by molar-refractivity contribution is 4.78. The molecule has 1 fully saturated rings. The molecule has 15 heavy (non-hydrogen) atoms. The predicted octanol–water partition coefficient (Wildman–Crippen LogP) is 2.99. The van der Waals surface area contributed by atoms with Gasteiger partial charge in [-0.2, -0.15) is 0 Å². The molecule has 1 aliphatic rings. The van der Waals surface area contributed by atoms with E-state index in [1.54, 1.807) is 7.11 Å². The van der Waals surface area contributed by atoms with Crippen LogP contribution in [0.2, 0.25) is 0 Å². The van der Waals surface area contributed by atoms with Crippen LogP contribution in [0.15, 0.2) is 0 Å². The van der Waals surface area contributed by atoms with Crippen LogP contribution >= 0.6 is 0 Å². The second-order valence-electron chi connectivity index (χ2n) is 5.49. The number of hydrogen-bond acceptors (Lipinski definition) is 2. The highest BCUT2D eigenvalue weighted by Crippen LogP contribution is 2.34. The molecular weight excluding hydrogens is 188 g/mol. The van der Waals surface area contributed by atoms with Crippen molar-refractivity contribution in [1.82, 2.24) is 0 Å². The Morgan fingerprint density at radius 3 is 2.40 bits per heavy atom. The van der Waals surface area contributed by atoms with E-state index in [4.69, 9.17) is 4.74 Å². The number of methoxy groups -OCH3 is 1. The van der Waals surface area contributed by atoms with Gasteiger partial charge < -0.3 is 9.84 Å². The molecule has 1 N–H and O–H groups in total. The Labute approximate surface area is 94.0 Å². The first kappa shape index (κ1) is 13.0. The summed E-state index contributed by atoms with van der Waals surface area (Å²) in [7, 11) is 1.77. The lowest BCUT2D eigenvalue weighted by atomic mass is 9.85. The van der Waals surface area contributed by atoms with Crippen molar-refractivity contribution in [1.29, 1.82) is 0 Å². The van der Waals surface area contributed by atoms with Gasteiger partial charge in [-0.05, 0) is 38.5 Å². The first-order chi connectivity index (χ1) is 7.09. The fourth-order valence-electron chi connectivity index (χ4n) is 2.54. The van der Waals surface area contributed by atoms with E-state index < -0.39 is 0 Å². The lowest BCUT2D eigenvalue weighted by Crippen LogP contribution is -2.26. The van der Waals surface area contributed by atoms with E-state index in [0.717, 1.165) is 18.8 Å². The minimum absolute atomic E-state index is 0.0357. The standard InChI is InChI=1S/C13H26O2/c1-13(2,15-3)9-8-12(10-14)11-6-4-5-7-11/h11-12,14H,4-10H2,1-3H3. The molecule has 0 spiro atoms. The predicted molar refractivity (Wildman–Crippen MR) is 62.9 cm³/mol. The van der Waals surface area contributed by atoms with E-state index in [0.29, 0.717) is 12.5 Å². The van der Waals surface area contributed by atoms with Gasteiger partial charge in [0.05, 0.1) is 5.60 Å². The van der Waals surface area contributed by atoms with E-state index in [1.807, 2.05) is 0 Å². The van der Waals surface area contributed by atoms with Gasteiger partial charge >= 0.3 is 0 Å². The summed E-state index contributed by atoms with van der Waals surface area (Å²) in [6, 6.07) is 0. The fourth-order valence-corrected chi connectivity index (χ4v) is 2.54. The minimum Gasteiger partial charge on any atom is -0.396 e. The number of aliphatic hydroxyl groups is 1. The van der Waals surface area contributed by atoms with Crippen LogP contribution in [0.5, 0.6) is 0 Å². The third kappa shape index (κ3) is 4.12. The van der Waals surface area contributed by atoms with Crippen LogP contribution < -0.4 is 0 Å². The van der Waals surface area contributed by atoms with Crippen molar-refractivity contribution in [3.05, 3.63) is 0 Å². The number of rotatable bonds is 6. The van der Waals surface area contributed by atoms with Crippen molar-refractivity contribution < 1.29 is 9.84 Å². The van der Waals surface area contributed by atoms with Crippen LogP contribution in [0.25, 0.3) is 0 Å². The van der Waals surface area contributed by atoms with Crippen molar-refractivity contribution >= 4 is 0 Å². The zero-order valence-electron chi connectivity index (χ0n) is 10.5. The molecule has 1 unspecified atom stereocenters. The SMILES string of the molecule is COC(C)(C)CCC(CO)C1CCCC1. The molecular formula is C13H26O2. The smallest absolute Gasteiger partial charge is 0.0622 e. The molecule has 1 saturated carbocycles. The van der Waals surface area contributed by atoms with Gasteiger partial charge in [-0.15, -0.1) is 0 Å². The molecule has 0 amide bonds. The van der Waals surface area contributed by atoms with Gasteiger partial charge in [0, 0.05) is 13.7 Å². The Balaban J connectivity index is 2.33. The highest BCUT2D eigenvalue weighted by atomic mass is 16.5. The Morgan fingerprint density at radius 1 is 1.33 bits per heavy atom. The maximum atomic E-state index is 9.42. The maximum absolute atomic E-state index is 9.42. The lowest BCUT2D eigenvalue weighted by Gasteiger charge is -2.27. The van der Waals surface area contributed by atoms with Crippen molar-refractivity contribution in [2.45, 2.75) is 58.0 Å². The Morgan fingerprint density at radius 2 is 1.93 bits per heavy atom. The molecule has 1 rings (SSSR count). The van der Waals surface area contributed by atoms with Crippen LogP contribution in [0, 0.1) is 11.8 Å². The van der Waals surface area contributed by atoms with Crippen molar-refractivity contribution in [2.75, 3.05) is 13.7 Å². The normalized spacial score (nSPS) is 20.8. The van der Waals surface area contributed by atoms with E-state index in [9.17, 15) is 5.11 Å². The Hall–Kier alpha value is -0.0800. The zero-order valence-corrected chi connectivity index (χ0v) is 10.5. The van der Waals surface area contributed by atoms with Gasteiger partial charge in [0.15, 0.2) is 0 Å².